The fourth-order valence-electron chi connectivity index (χ4n) is 3.49. The topological polar surface area (TPSA) is 17.3 Å². The number of imidazole rings is 1. The van der Waals surface area contributed by atoms with Gasteiger partial charge in [0.2, 0.25) is 0 Å². The molecule has 0 spiro atoms. The Labute approximate surface area is 146 Å². The minimum absolute atomic E-state index is 0.387. The van der Waals surface area contributed by atoms with Crippen molar-refractivity contribution < 1.29 is 0 Å². The van der Waals surface area contributed by atoms with E-state index >= 15 is 0 Å². The summed E-state index contributed by atoms with van der Waals surface area (Å²) in [7, 11) is 0. The van der Waals surface area contributed by atoms with Gasteiger partial charge < -0.3 is 0 Å². The Bertz CT molecular complexity index is 852. The van der Waals surface area contributed by atoms with Crippen molar-refractivity contribution in [2.24, 2.45) is 11.3 Å². The lowest BCUT2D eigenvalue weighted by Gasteiger charge is -2.33. The van der Waals surface area contributed by atoms with Gasteiger partial charge >= 0.3 is 0 Å². The number of fused-ring (bicyclic) bond motifs is 3. The van der Waals surface area contributed by atoms with E-state index in [1.54, 1.807) is 0 Å². The van der Waals surface area contributed by atoms with E-state index in [0.717, 1.165) is 33.6 Å². The summed E-state index contributed by atoms with van der Waals surface area (Å²) in [5.41, 5.74) is 4.02. The molecule has 1 aromatic carbocycles. The number of benzene rings is 1. The molecule has 0 bridgehead atoms. The molecule has 0 radical (unpaired) electrons. The lowest BCUT2D eigenvalue weighted by Crippen LogP contribution is -2.26. The van der Waals surface area contributed by atoms with Crippen LogP contribution in [0.1, 0.15) is 37.8 Å². The smallest absolute Gasteiger partial charge is 0.194 e. The second-order valence-electron chi connectivity index (χ2n) is 7.56. The van der Waals surface area contributed by atoms with Gasteiger partial charge in [-0.3, -0.25) is 4.40 Å². The van der Waals surface area contributed by atoms with Gasteiger partial charge in [0.05, 0.1) is 5.69 Å². The number of aryl methyl sites for hydroxylation is 1. The van der Waals surface area contributed by atoms with Crippen LogP contribution in [0, 0.1) is 11.3 Å². The van der Waals surface area contributed by atoms with Crippen molar-refractivity contribution in [1.82, 2.24) is 9.38 Å². The van der Waals surface area contributed by atoms with E-state index in [0.29, 0.717) is 5.41 Å². The van der Waals surface area contributed by atoms with E-state index in [4.69, 9.17) is 16.6 Å². The third-order valence-corrected chi connectivity index (χ3v) is 6.40. The molecule has 2 heterocycles. The summed E-state index contributed by atoms with van der Waals surface area (Å²) in [6, 6.07) is 7.93. The van der Waals surface area contributed by atoms with Crippen molar-refractivity contribution in [3.8, 4) is 11.3 Å². The summed E-state index contributed by atoms with van der Waals surface area (Å²) in [4.78, 5) is 7.49. The van der Waals surface area contributed by atoms with Crippen LogP contribution in [-0.2, 0) is 12.8 Å². The van der Waals surface area contributed by atoms with E-state index in [1.165, 1.54) is 23.4 Å². The molecule has 0 saturated carbocycles. The zero-order chi connectivity index (χ0) is 16.2. The van der Waals surface area contributed by atoms with Crippen molar-refractivity contribution in [2.75, 3.05) is 0 Å². The van der Waals surface area contributed by atoms with Crippen LogP contribution in [0.15, 0.2) is 30.5 Å². The van der Waals surface area contributed by atoms with Crippen LogP contribution in [0.4, 0.5) is 0 Å². The number of rotatable bonds is 1. The SMILES string of the molecule is CC(C)(C)C1CCc2c(sc3nc(-c4ccc(Cl)cc4)cn23)C1. The van der Waals surface area contributed by atoms with E-state index in [9.17, 15) is 0 Å². The molecule has 0 amide bonds. The zero-order valence-electron chi connectivity index (χ0n) is 13.8. The number of hydrogen-bond donors (Lipinski definition) is 0. The average molecular weight is 345 g/mol. The molecule has 1 atom stereocenters. The molecule has 0 aliphatic heterocycles. The summed E-state index contributed by atoms with van der Waals surface area (Å²) in [6.07, 6.45) is 5.82. The second kappa shape index (κ2) is 5.35. The summed E-state index contributed by atoms with van der Waals surface area (Å²) in [6.45, 7) is 7.08. The van der Waals surface area contributed by atoms with Crippen molar-refractivity contribution in [1.29, 1.82) is 0 Å². The summed E-state index contributed by atoms with van der Waals surface area (Å²) >= 11 is 7.84. The Morgan fingerprint density at radius 2 is 1.96 bits per heavy atom. The first-order valence-electron chi connectivity index (χ1n) is 8.17. The Morgan fingerprint density at radius 3 is 2.65 bits per heavy atom. The molecule has 3 aromatic rings. The van der Waals surface area contributed by atoms with E-state index in [2.05, 4.69) is 31.4 Å². The molecule has 1 aliphatic rings. The number of thiazole rings is 1. The normalized spacial score (nSPS) is 18.3. The minimum atomic E-state index is 0.387. The molecular weight excluding hydrogens is 324 g/mol. The van der Waals surface area contributed by atoms with Crippen molar-refractivity contribution in [3.05, 3.63) is 46.1 Å². The van der Waals surface area contributed by atoms with Gasteiger partial charge in [0.25, 0.3) is 0 Å². The minimum Gasteiger partial charge on any atom is -0.294 e. The Morgan fingerprint density at radius 1 is 1.22 bits per heavy atom. The highest BCUT2D eigenvalue weighted by molar-refractivity contribution is 7.17. The van der Waals surface area contributed by atoms with Gasteiger partial charge in [0.15, 0.2) is 4.96 Å². The molecule has 1 unspecified atom stereocenters. The molecule has 0 fully saturated rings. The van der Waals surface area contributed by atoms with Gasteiger partial charge in [0.1, 0.15) is 0 Å². The quantitative estimate of drug-likeness (QED) is 0.539. The van der Waals surface area contributed by atoms with Crippen LogP contribution in [0.5, 0.6) is 0 Å². The zero-order valence-corrected chi connectivity index (χ0v) is 15.3. The number of aromatic nitrogens is 2. The Balaban J connectivity index is 1.71. The highest BCUT2D eigenvalue weighted by atomic mass is 35.5. The third-order valence-electron chi connectivity index (χ3n) is 5.03. The van der Waals surface area contributed by atoms with Crippen molar-refractivity contribution in [2.45, 2.75) is 40.0 Å². The van der Waals surface area contributed by atoms with Gasteiger partial charge in [0, 0.05) is 27.4 Å². The van der Waals surface area contributed by atoms with Crippen LogP contribution >= 0.6 is 22.9 Å². The van der Waals surface area contributed by atoms with Crippen LogP contribution in [0.25, 0.3) is 16.2 Å². The highest BCUT2D eigenvalue weighted by Gasteiger charge is 2.31. The largest absolute Gasteiger partial charge is 0.294 e. The molecule has 0 N–H and O–H groups in total. The molecule has 4 rings (SSSR count). The van der Waals surface area contributed by atoms with Gasteiger partial charge in [-0.15, -0.1) is 11.3 Å². The molecule has 120 valence electrons. The van der Waals surface area contributed by atoms with Crippen LogP contribution in [-0.4, -0.2) is 9.38 Å². The molecule has 4 heteroatoms. The molecule has 1 aliphatic carbocycles. The van der Waals surface area contributed by atoms with E-state index in [-0.39, 0.29) is 0 Å². The van der Waals surface area contributed by atoms with Gasteiger partial charge in [-0.2, -0.15) is 0 Å². The maximum Gasteiger partial charge on any atom is 0.194 e. The lowest BCUT2D eigenvalue weighted by molar-refractivity contribution is 0.216. The monoisotopic (exact) mass is 344 g/mol. The fraction of sp³-hybridized carbons (Fsp3) is 0.421. The maximum absolute atomic E-state index is 5.98. The first-order chi connectivity index (χ1) is 10.9. The van der Waals surface area contributed by atoms with Crippen LogP contribution < -0.4 is 0 Å². The second-order valence-corrected chi connectivity index (χ2v) is 9.06. The van der Waals surface area contributed by atoms with Crippen molar-refractivity contribution in [3.63, 3.8) is 0 Å². The Hall–Kier alpha value is -1.32. The molecule has 2 aromatic heterocycles. The first kappa shape index (κ1) is 15.2. The fourth-order valence-corrected chi connectivity index (χ4v) is 4.84. The standard InChI is InChI=1S/C19H21ClN2S/c1-19(2,3)13-6-9-16-17(10-13)23-18-21-15(11-22(16)18)12-4-7-14(20)8-5-12/h4-5,7-8,11,13H,6,9-10H2,1-3H3. The molecule has 0 saturated heterocycles. The summed E-state index contributed by atoms with van der Waals surface area (Å²) in [5, 5.41) is 0.764. The first-order valence-corrected chi connectivity index (χ1v) is 9.37. The summed E-state index contributed by atoms with van der Waals surface area (Å²) < 4.78 is 2.31. The van der Waals surface area contributed by atoms with Crippen LogP contribution in [0.2, 0.25) is 5.02 Å². The Kier molecular flexibility index (Phi) is 3.54. The van der Waals surface area contributed by atoms with Gasteiger partial charge in [-0.05, 0) is 42.7 Å². The highest BCUT2D eigenvalue weighted by Crippen LogP contribution is 2.40. The van der Waals surface area contributed by atoms with Gasteiger partial charge in [-0.25, -0.2) is 4.98 Å². The number of hydrogen-bond acceptors (Lipinski definition) is 2. The summed E-state index contributed by atoms with van der Waals surface area (Å²) in [5.74, 6) is 0.772. The lowest BCUT2D eigenvalue weighted by atomic mass is 9.73. The number of halogens is 1. The predicted octanol–water partition coefficient (Wildman–Crippen LogP) is 5.87. The molecular formula is C19H21ClN2S. The molecule has 2 nitrogen and oxygen atoms in total. The van der Waals surface area contributed by atoms with E-state index < -0.39 is 0 Å². The molecule has 23 heavy (non-hydrogen) atoms. The van der Waals surface area contributed by atoms with E-state index in [1.807, 2.05) is 35.6 Å². The maximum atomic E-state index is 5.98. The van der Waals surface area contributed by atoms with Gasteiger partial charge in [-0.1, -0.05) is 44.5 Å². The third kappa shape index (κ3) is 2.70. The number of nitrogens with zero attached hydrogens (tertiary/aromatic N) is 2. The predicted molar refractivity (Wildman–Crippen MR) is 98.5 cm³/mol. The van der Waals surface area contributed by atoms with Crippen LogP contribution in [0.3, 0.4) is 0 Å². The average Bonchev–Trinajstić information content (AvgIpc) is 3.04. The van der Waals surface area contributed by atoms with Crippen molar-refractivity contribution >= 4 is 27.9 Å².